The van der Waals surface area contributed by atoms with Crippen molar-refractivity contribution in [2.45, 2.75) is 11.4 Å². The fourth-order valence-electron chi connectivity index (χ4n) is 1.37. The smallest absolute Gasteiger partial charge is 0.164 e. The summed E-state index contributed by atoms with van der Waals surface area (Å²) in [7, 11) is 0. The van der Waals surface area contributed by atoms with Crippen LogP contribution < -0.4 is 5.32 Å². The summed E-state index contributed by atoms with van der Waals surface area (Å²) in [4.78, 5) is 1.26. The normalized spacial score (nSPS) is 10.4. The van der Waals surface area contributed by atoms with E-state index in [1.165, 1.54) is 4.90 Å². The second kappa shape index (κ2) is 5.63. The lowest BCUT2D eigenvalue weighted by molar-refractivity contribution is 0.493. The molecule has 0 aliphatic rings. The minimum Gasteiger partial charge on any atom is -0.454 e. The van der Waals surface area contributed by atoms with E-state index < -0.39 is 0 Å². The Bertz CT molecular complexity index is 470. The molecular weight excluding hydrogens is 333 g/mol. The van der Waals surface area contributed by atoms with Gasteiger partial charge in [0.25, 0.3) is 0 Å². The zero-order chi connectivity index (χ0) is 11.4. The number of furan rings is 1. The van der Waals surface area contributed by atoms with Crippen molar-refractivity contribution in [3.63, 3.8) is 0 Å². The molecule has 0 atom stereocenters. The molecule has 16 heavy (non-hydrogen) atoms. The first-order chi connectivity index (χ1) is 7.78. The Kier molecular flexibility index (Phi) is 4.17. The number of hydrogen-bond acceptors (Lipinski definition) is 3. The highest BCUT2D eigenvalue weighted by Crippen LogP contribution is 2.19. The lowest BCUT2D eigenvalue weighted by Gasteiger charge is -2.05. The van der Waals surface area contributed by atoms with Gasteiger partial charge in [-0.2, -0.15) is 0 Å². The van der Waals surface area contributed by atoms with Crippen molar-refractivity contribution in [2.24, 2.45) is 0 Å². The number of halogens is 1. The third kappa shape index (κ3) is 3.18. The molecule has 1 aromatic heterocycles. The molecule has 2 aromatic rings. The molecule has 0 spiro atoms. The van der Waals surface area contributed by atoms with Gasteiger partial charge in [0.2, 0.25) is 0 Å². The number of hydrogen-bond donors (Lipinski definition) is 1. The summed E-state index contributed by atoms with van der Waals surface area (Å²) in [5.74, 6) is 0.957. The van der Waals surface area contributed by atoms with Crippen molar-refractivity contribution in [1.82, 2.24) is 0 Å². The van der Waals surface area contributed by atoms with E-state index in [1.807, 2.05) is 12.1 Å². The average molecular weight is 345 g/mol. The van der Waals surface area contributed by atoms with Crippen molar-refractivity contribution in [1.29, 1.82) is 0 Å². The van der Waals surface area contributed by atoms with Crippen LogP contribution >= 0.6 is 34.4 Å². The number of rotatable bonds is 4. The van der Waals surface area contributed by atoms with Gasteiger partial charge in [0.1, 0.15) is 5.76 Å². The number of thioether (sulfide) groups is 1. The summed E-state index contributed by atoms with van der Waals surface area (Å²) < 4.78 is 6.40. The predicted molar refractivity (Wildman–Crippen MR) is 77.0 cm³/mol. The molecule has 4 heteroatoms. The van der Waals surface area contributed by atoms with Crippen LogP contribution in [0.4, 0.5) is 5.69 Å². The third-order valence-electron chi connectivity index (χ3n) is 2.17. The molecule has 0 unspecified atom stereocenters. The van der Waals surface area contributed by atoms with Gasteiger partial charge in [-0.05, 0) is 59.2 Å². The van der Waals surface area contributed by atoms with Gasteiger partial charge in [-0.3, -0.25) is 0 Å². The average Bonchev–Trinajstić information content (AvgIpc) is 2.73. The van der Waals surface area contributed by atoms with Crippen LogP contribution in [-0.4, -0.2) is 6.26 Å². The fourth-order valence-corrected chi connectivity index (χ4v) is 2.29. The lowest BCUT2D eigenvalue weighted by atomic mass is 10.3. The van der Waals surface area contributed by atoms with Crippen molar-refractivity contribution >= 4 is 40.0 Å². The van der Waals surface area contributed by atoms with E-state index in [0.717, 1.165) is 21.8 Å². The van der Waals surface area contributed by atoms with Gasteiger partial charge in [0.15, 0.2) is 3.77 Å². The summed E-state index contributed by atoms with van der Waals surface area (Å²) in [6, 6.07) is 12.3. The minimum atomic E-state index is 0.723. The van der Waals surface area contributed by atoms with Gasteiger partial charge in [-0.25, -0.2) is 0 Å². The summed E-state index contributed by atoms with van der Waals surface area (Å²) in [5, 5.41) is 3.34. The van der Waals surface area contributed by atoms with E-state index in [4.69, 9.17) is 4.42 Å². The summed E-state index contributed by atoms with van der Waals surface area (Å²) in [6.07, 6.45) is 2.08. The Balaban J connectivity index is 1.99. The fraction of sp³-hybridized carbons (Fsp3) is 0.167. The monoisotopic (exact) mass is 345 g/mol. The molecule has 0 aliphatic carbocycles. The molecule has 0 aliphatic heterocycles. The Morgan fingerprint density at radius 3 is 2.88 bits per heavy atom. The SMILES string of the molecule is CSc1cccc(NCc2ccc(I)o2)c1. The van der Waals surface area contributed by atoms with Gasteiger partial charge in [0, 0.05) is 10.6 Å². The molecular formula is C12H12INOS. The highest BCUT2D eigenvalue weighted by molar-refractivity contribution is 14.1. The second-order valence-corrected chi connectivity index (χ2v) is 5.23. The Hall–Kier alpha value is -0.620. The van der Waals surface area contributed by atoms with Crippen LogP contribution in [0.5, 0.6) is 0 Å². The zero-order valence-corrected chi connectivity index (χ0v) is 11.8. The molecule has 0 radical (unpaired) electrons. The van der Waals surface area contributed by atoms with E-state index in [9.17, 15) is 0 Å². The number of anilines is 1. The molecule has 1 aromatic carbocycles. The molecule has 2 nitrogen and oxygen atoms in total. The Morgan fingerprint density at radius 1 is 1.31 bits per heavy atom. The van der Waals surface area contributed by atoms with Crippen molar-refractivity contribution in [3.05, 3.63) is 45.9 Å². The number of benzene rings is 1. The first-order valence-electron chi connectivity index (χ1n) is 4.90. The van der Waals surface area contributed by atoms with Crippen molar-refractivity contribution in [2.75, 3.05) is 11.6 Å². The minimum absolute atomic E-state index is 0.723. The first kappa shape index (κ1) is 11.9. The second-order valence-electron chi connectivity index (χ2n) is 3.29. The highest BCUT2D eigenvalue weighted by atomic mass is 127. The Labute approximate surface area is 113 Å². The molecule has 0 saturated heterocycles. The van der Waals surface area contributed by atoms with Crippen LogP contribution in [0.3, 0.4) is 0 Å². The molecule has 0 saturated carbocycles. The molecule has 0 amide bonds. The van der Waals surface area contributed by atoms with Crippen LogP contribution in [0.2, 0.25) is 0 Å². The molecule has 1 N–H and O–H groups in total. The maximum atomic E-state index is 5.48. The summed E-state index contributed by atoms with van der Waals surface area (Å²) in [5.41, 5.74) is 1.12. The van der Waals surface area contributed by atoms with Crippen LogP contribution in [0.25, 0.3) is 0 Å². The van der Waals surface area contributed by atoms with E-state index in [2.05, 4.69) is 58.4 Å². The first-order valence-corrected chi connectivity index (χ1v) is 7.20. The molecule has 1 heterocycles. The standard InChI is InChI=1S/C12H12INOS/c1-16-11-4-2-3-9(7-11)14-8-10-5-6-12(13)15-10/h2-7,14H,8H2,1H3. The lowest BCUT2D eigenvalue weighted by Crippen LogP contribution is -1.97. The third-order valence-corrected chi connectivity index (χ3v) is 3.47. The maximum absolute atomic E-state index is 5.48. The zero-order valence-electron chi connectivity index (χ0n) is 8.87. The van der Waals surface area contributed by atoms with Gasteiger partial charge in [-0.15, -0.1) is 11.8 Å². The Morgan fingerprint density at radius 2 is 2.19 bits per heavy atom. The molecule has 2 rings (SSSR count). The van der Waals surface area contributed by atoms with Gasteiger partial charge < -0.3 is 9.73 Å². The van der Waals surface area contributed by atoms with E-state index in [-0.39, 0.29) is 0 Å². The quantitative estimate of drug-likeness (QED) is 0.664. The van der Waals surface area contributed by atoms with Crippen LogP contribution in [0, 0.1) is 3.77 Å². The maximum Gasteiger partial charge on any atom is 0.164 e. The van der Waals surface area contributed by atoms with Crippen LogP contribution in [0.15, 0.2) is 45.7 Å². The van der Waals surface area contributed by atoms with E-state index in [1.54, 1.807) is 11.8 Å². The molecule has 0 bridgehead atoms. The van der Waals surface area contributed by atoms with Crippen LogP contribution in [-0.2, 0) is 6.54 Å². The van der Waals surface area contributed by atoms with Gasteiger partial charge in [-0.1, -0.05) is 6.07 Å². The van der Waals surface area contributed by atoms with Crippen molar-refractivity contribution < 1.29 is 4.42 Å². The van der Waals surface area contributed by atoms with Crippen LogP contribution in [0.1, 0.15) is 5.76 Å². The van der Waals surface area contributed by atoms with Crippen molar-refractivity contribution in [3.8, 4) is 0 Å². The van der Waals surface area contributed by atoms with Gasteiger partial charge in [0.05, 0.1) is 6.54 Å². The molecule has 84 valence electrons. The van der Waals surface area contributed by atoms with Gasteiger partial charge >= 0.3 is 0 Å². The van der Waals surface area contributed by atoms with E-state index >= 15 is 0 Å². The molecule has 0 fully saturated rings. The largest absolute Gasteiger partial charge is 0.454 e. The topological polar surface area (TPSA) is 25.2 Å². The predicted octanol–water partition coefficient (Wildman–Crippen LogP) is 4.22. The van der Waals surface area contributed by atoms with E-state index in [0.29, 0.717) is 0 Å². The number of nitrogens with one attached hydrogen (secondary N) is 1. The summed E-state index contributed by atoms with van der Waals surface area (Å²) in [6.45, 7) is 0.723. The highest BCUT2D eigenvalue weighted by Gasteiger charge is 1.99. The summed E-state index contributed by atoms with van der Waals surface area (Å²) >= 11 is 3.91.